The predicted octanol–water partition coefficient (Wildman–Crippen LogP) is 6.46. The molecule has 5 nitrogen and oxygen atoms in total. The number of aromatic nitrogens is 2. The van der Waals surface area contributed by atoms with Crippen molar-refractivity contribution in [3.8, 4) is 16.9 Å². The zero-order chi connectivity index (χ0) is 23.6. The van der Waals surface area contributed by atoms with Gasteiger partial charge in [-0.05, 0) is 48.9 Å². The molecule has 5 N–H and O–H groups in total. The van der Waals surface area contributed by atoms with Gasteiger partial charge in [0.2, 0.25) is 0 Å². The van der Waals surface area contributed by atoms with Crippen LogP contribution in [0.1, 0.15) is 26.7 Å². The van der Waals surface area contributed by atoms with E-state index in [1.807, 2.05) is 97.1 Å². The van der Waals surface area contributed by atoms with Crippen molar-refractivity contribution in [2.75, 3.05) is 11.5 Å². The van der Waals surface area contributed by atoms with E-state index in [9.17, 15) is 0 Å². The molecule has 1 saturated carbocycles. The van der Waals surface area contributed by atoms with E-state index in [0.29, 0.717) is 17.7 Å². The van der Waals surface area contributed by atoms with Crippen molar-refractivity contribution in [1.29, 1.82) is 5.41 Å². The second-order valence-electron chi connectivity index (χ2n) is 8.36. The number of para-hydroxylation sites is 2. The fourth-order valence-corrected chi connectivity index (χ4v) is 3.24. The van der Waals surface area contributed by atoms with E-state index in [0.717, 1.165) is 28.3 Å². The third-order valence-electron chi connectivity index (χ3n) is 5.25. The molecule has 0 unspecified atom stereocenters. The lowest BCUT2D eigenvalue weighted by Gasteiger charge is -2.02. The van der Waals surface area contributed by atoms with Crippen molar-refractivity contribution in [1.82, 2.24) is 9.78 Å². The fourth-order valence-electron chi connectivity index (χ4n) is 3.24. The van der Waals surface area contributed by atoms with Crippen LogP contribution in [0.3, 0.4) is 0 Å². The van der Waals surface area contributed by atoms with Crippen LogP contribution < -0.4 is 11.5 Å². The van der Waals surface area contributed by atoms with E-state index >= 15 is 0 Å². The lowest BCUT2D eigenvalue weighted by atomic mass is 10.0. The van der Waals surface area contributed by atoms with E-state index in [2.05, 4.69) is 18.9 Å². The van der Waals surface area contributed by atoms with Gasteiger partial charge >= 0.3 is 0 Å². The molecule has 0 amide bonds. The van der Waals surface area contributed by atoms with Crippen LogP contribution in [-0.2, 0) is 0 Å². The Kier molecular flexibility index (Phi) is 8.42. The number of nitrogen functional groups attached to an aromatic ring is 2. The number of nitrogens with two attached hydrogens (primary N) is 2. The molecule has 1 aliphatic carbocycles. The average molecular weight is 440 g/mol. The Morgan fingerprint density at radius 1 is 0.848 bits per heavy atom. The average Bonchev–Trinajstić information content (AvgIpc) is 3.62. The molecule has 4 aromatic rings. The van der Waals surface area contributed by atoms with E-state index in [1.54, 1.807) is 4.68 Å². The molecular weight excluding hydrogens is 406 g/mol. The minimum atomic E-state index is 0.488. The van der Waals surface area contributed by atoms with Crippen LogP contribution in [0.15, 0.2) is 97.1 Å². The number of hydrogen-bond acceptors (Lipinski definition) is 4. The molecule has 0 aliphatic heterocycles. The van der Waals surface area contributed by atoms with Crippen molar-refractivity contribution < 1.29 is 0 Å². The standard InChI is InChI=1S/C15H13N3.C7H13N.C6H7N/c16-15-11-14(12-7-3-1-4-8-12)17-18(15)13-9-5-2-6-10-13;1-5(2)7(8)6-3-4-6;7-6-4-2-1-3-5-6/h1-11H,16H2;5-6,8H,3-4H2,1-2H3;1-5H,7H2. The van der Waals surface area contributed by atoms with Crippen molar-refractivity contribution in [3.05, 3.63) is 97.1 Å². The summed E-state index contributed by atoms with van der Waals surface area (Å²) in [6.07, 6.45) is 2.55. The fraction of sp³-hybridized carbons (Fsp3) is 0.214. The molecule has 1 heterocycles. The number of nitrogens with zero attached hydrogens (tertiary/aromatic N) is 2. The summed E-state index contributed by atoms with van der Waals surface area (Å²) in [5, 5.41) is 12.0. The first-order chi connectivity index (χ1) is 16.0. The molecule has 33 heavy (non-hydrogen) atoms. The summed E-state index contributed by atoms with van der Waals surface area (Å²) in [4.78, 5) is 0. The highest BCUT2D eigenvalue weighted by Gasteiger charge is 2.27. The number of benzene rings is 3. The molecule has 170 valence electrons. The Morgan fingerprint density at radius 2 is 1.36 bits per heavy atom. The Balaban J connectivity index is 0.000000168. The second kappa shape index (κ2) is 11.7. The molecular formula is C28H33N5. The summed E-state index contributed by atoms with van der Waals surface area (Å²) in [6, 6.07) is 31.3. The first kappa shape index (κ1) is 23.8. The topological polar surface area (TPSA) is 93.7 Å². The Bertz CT molecular complexity index is 1110. The molecule has 0 radical (unpaired) electrons. The summed E-state index contributed by atoms with van der Waals surface area (Å²) in [7, 11) is 0. The van der Waals surface area contributed by atoms with Crippen LogP contribution in [0.2, 0.25) is 0 Å². The number of hydrogen-bond donors (Lipinski definition) is 3. The predicted molar refractivity (Wildman–Crippen MR) is 140 cm³/mol. The minimum absolute atomic E-state index is 0.488. The zero-order valence-electron chi connectivity index (χ0n) is 19.4. The van der Waals surface area contributed by atoms with Gasteiger partial charge in [-0.25, -0.2) is 4.68 Å². The maximum atomic E-state index is 7.46. The molecule has 1 aromatic heterocycles. The Labute approximate surface area is 196 Å². The molecule has 0 bridgehead atoms. The zero-order valence-corrected chi connectivity index (χ0v) is 19.4. The van der Waals surface area contributed by atoms with Gasteiger partial charge in [0.15, 0.2) is 0 Å². The second-order valence-corrected chi connectivity index (χ2v) is 8.36. The number of rotatable bonds is 4. The summed E-state index contributed by atoms with van der Waals surface area (Å²) in [5.41, 5.74) is 16.1. The summed E-state index contributed by atoms with van der Waals surface area (Å²) in [6.45, 7) is 4.20. The highest BCUT2D eigenvalue weighted by Crippen LogP contribution is 2.32. The normalized spacial score (nSPS) is 12.2. The highest BCUT2D eigenvalue weighted by atomic mass is 15.3. The van der Waals surface area contributed by atoms with Gasteiger partial charge in [-0.2, -0.15) is 5.10 Å². The van der Waals surface area contributed by atoms with Gasteiger partial charge in [-0.1, -0.05) is 80.6 Å². The smallest absolute Gasteiger partial charge is 0.127 e. The molecule has 1 aliphatic rings. The molecule has 1 fully saturated rings. The van der Waals surface area contributed by atoms with E-state index in [-0.39, 0.29) is 0 Å². The number of nitrogens with one attached hydrogen (secondary N) is 1. The SMILES string of the molecule is CC(C)C(=N)C1CC1.Nc1cc(-c2ccccc2)nn1-c1ccccc1.Nc1ccccc1. The quantitative estimate of drug-likeness (QED) is 0.251. The minimum Gasteiger partial charge on any atom is -0.399 e. The van der Waals surface area contributed by atoms with Gasteiger partial charge in [-0.3, -0.25) is 0 Å². The lowest BCUT2D eigenvalue weighted by Crippen LogP contribution is -2.06. The summed E-state index contributed by atoms with van der Waals surface area (Å²) in [5.74, 6) is 1.80. The van der Waals surface area contributed by atoms with E-state index < -0.39 is 0 Å². The van der Waals surface area contributed by atoms with Crippen LogP contribution >= 0.6 is 0 Å². The molecule has 5 rings (SSSR count). The first-order valence-electron chi connectivity index (χ1n) is 11.3. The largest absolute Gasteiger partial charge is 0.399 e. The molecule has 0 saturated heterocycles. The van der Waals surface area contributed by atoms with Gasteiger partial charge in [0.1, 0.15) is 5.82 Å². The first-order valence-corrected chi connectivity index (χ1v) is 11.3. The van der Waals surface area contributed by atoms with Gasteiger partial charge in [0, 0.05) is 23.0 Å². The van der Waals surface area contributed by atoms with Crippen LogP contribution in [0.25, 0.3) is 16.9 Å². The maximum Gasteiger partial charge on any atom is 0.127 e. The van der Waals surface area contributed by atoms with Gasteiger partial charge in [0.05, 0.1) is 11.4 Å². The van der Waals surface area contributed by atoms with Crippen molar-refractivity contribution >= 4 is 17.2 Å². The molecule has 0 atom stereocenters. The van der Waals surface area contributed by atoms with Crippen molar-refractivity contribution in [3.63, 3.8) is 0 Å². The van der Waals surface area contributed by atoms with Crippen LogP contribution in [0.5, 0.6) is 0 Å². The molecule has 5 heteroatoms. The third kappa shape index (κ3) is 7.35. The van der Waals surface area contributed by atoms with Gasteiger partial charge in [-0.15, -0.1) is 0 Å². The maximum absolute atomic E-state index is 7.46. The number of anilines is 2. The monoisotopic (exact) mass is 439 g/mol. The van der Waals surface area contributed by atoms with Crippen LogP contribution in [-0.4, -0.2) is 15.5 Å². The highest BCUT2D eigenvalue weighted by molar-refractivity contribution is 5.87. The van der Waals surface area contributed by atoms with Gasteiger partial charge in [0.25, 0.3) is 0 Å². The molecule has 3 aromatic carbocycles. The molecule has 0 spiro atoms. The van der Waals surface area contributed by atoms with Crippen molar-refractivity contribution in [2.24, 2.45) is 11.8 Å². The van der Waals surface area contributed by atoms with E-state index in [1.165, 1.54) is 12.8 Å². The summed E-state index contributed by atoms with van der Waals surface area (Å²) < 4.78 is 1.75. The van der Waals surface area contributed by atoms with Crippen LogP contribution in [0, 0.1) is 17.2 Å². The van der Waals surface area contributed by atoms with Crippen LogP contribution in [0.4, 0.5) is 11.5 Å². The lowest BCUT2D eigenvalue weighted by molar-refractivity contribution is 0.832. The Hall–Kier alpha value is -3.86. The third-order valence-corrected chi connectivity index (χ3v) is 5.25. The Morgan fingerprint density at radius 3 is 1.79 bits per heavy atom. The summed E-state index contributed by atoms with van der Waals surface area (Å²) >= 11 is 0. The van der Waals surface area contributed by atoms with E-state index in [4.69, 9.17) is 16.9 Å². The van der Waals surface area contributed by atoms with Gasteiger partial charge < -0.3 is 16.9 Å². The van der Waals surface area contributed by atoms with Crippen molar-refractivity contribution in [2.45, 2.75) is 26.7 Å².